The molecule has 0 spiro atoms. The number of carbonyl (C=O) groups excluding carboxylic acids is 1. The Labute approximate surface area is 161 Å². The first-order chi connectivity index (χ1) is 13.5. The molecule has 0 saturated heterocycles. The molecule has 1 amide bonds. The van der Waals surface area contributed by atoms with Gasteiger partial charge in [0.1, 0.15) is 12.1 Å². The first-order valence-corrected chi connectivity index (χ1v) is 9.01. The molecule has 1 heterocycles. The van der Waals surface area contributed by atoms with Crippen molar-refractivity contribution in [2.24, 2.45) is 5.92 Å². The van der Waals surface area contributed by atoms with Crippen LogP contribution < -0.4 is 5.32 Å². The summed E-state index contributed by atoms with van der Waals surface area (Å²) < 4.78 is 28.7. The maximum atomic E-state index is 14.0. The van der Waals surface area contributed by atoms with Crippen molar-refractivity contribution in [3.63, 3.8) is 0 Å². The van der Waals surface area contributed by atoms with Crippen LogP contribution in [0.4, 0.5) is 8.78 Å². The van der Waals surface area contributed by atoms with E-state index in [1.165, 1.54) is 17.0 Å². The molecule has 1 N–H and O–H groups in total. The Balaban J connectivity index is 1.53. The molecule has 144 valence electrons. The molecular formula is C21H20F2N4O. The molecule has 5 nitrogen and oxygen atoms in total. The van der Waals surface area contributed by atoms with E-state index in [9.17, 15) is 13.6 Å². The van der Waals surface area contributed by atoms with Crippen LogP contribution >= 0.6 is 0 Å². The number of nitrogens with zero attached hydrogens (tertiary/aromatic N) is 3. The lowest BCUT2D eigenvalue weighted by molar-refractivity contribution is -0.121. The second-order valence-electron chi connectivity index (χ2n) is 6.75. The van der Waals surface area contributed by atoms with Gasteiger partial charge in [-0.1, -0.05) is 24.3 Å². The highest BCUT2D eigenvalue weighted by atomic mass is 19.2. The highest BCUT2D eigenvalue weighted by Crippen LogP contribution is 2.19. The van der Waals surface area contributed by atoms with E-state index in [2.05, 4.69) is 16.4 Å². The van der Waals surface area contributed by atoms with Crippen LogP contribution in [0, 0.1) is 28.9 Å². The zero-order chi connectivity index (χ0) is 20.1. The largest absolute Gasteiger partial charge is 0.354 e. The molecule has 0 bridgehead atoms. The minimum absolute atomic E-state index is 0.0164. The van der Waals surface area contributed by atoms with E-state index in [-0.39, 0.29) is 23.9 Å². The predicted octanol–water partition coefficient (Wildman–Crippen LogP) is 3.38. The van der Waals surface area contributed by atoms with Crippen molar-refractivity contribution >= 4 is 16.9 Å². The summed E-state index contributed by atoms with van der Waals surface area (Å²) in [7, 11) is 0. The summed E-state index contributed by atoms with van der Waals surface area (Å²) in [5.74, 6) is -2.30. The molecule has 0 aliphatic rings. The lowest BCUT2D eigenvalue weighted by Gasteiger charge is -2.08. The molecule has 1 unspecified atom stereocenters. The molecule has 0 aliphatic heterocycles. The van der Waals surface area contributed by atoms with E-state index in [1.54, 1.807) is 0 Å². The molecule has 7 heteroatoms. The van der Waals surface area contributed by atoms with Crippen LogP contribution in [0.5, 0.6) is 0 Å². The van der Waals surface area contributed by atoms with Gasteiger partial charge in [0.25, 0.3) is 0 Å². The van der Waals surface area contributed by atoms with Gasteiger partial charge in [0, 0.05) is 12.5 Å². The van der Waals surface area contributed by atoms with Crippen LogP contribution in [-0.4, -0.2) is 22.0 Å². The second kappa shape index (κ2) is 8.61. The zero-order valence-corrected chi connectivity index (χ0v) is 15.5. The van der Waals surface area contributed by atoms with Crippen LogP contribution in [0.3, 0.4) is 0 Å². The number of rotatable bonds is 7. The minimum atomic E-state index is -1.01. The number of hydrogen-bond acceptors (Lipinski definition) is 3. The number of fused-ring (bicyclic) bond motifs is 1. The number of imidazole rings is 1. The molecule has 1 aromatic heterocycles. The highest BCUT2D eigenvalue weighted by molar-refractivity contribution is 5.80. The third-order valence-electron chi connectivity index (χ3n) is 4.51. The lowest BCUT2D eigenvalue weighted by atomic mass is 10.0. The van der Waals surface area contributed by atoms with Crippen LogP contribution in [0.15, 0.2) is 42.7 Å². The molecule has 0 fully saturated rings. The molecule has 2 aromatic carbocycles. The summed E-state index contributed by atoms with van der Waals surface area (Å²) in [5, 5.41) is 11.6. The number of benzene rings is 2. The maximum Gasteiger partial charge on any atom is 0.240 e. The third kappa shape index (κ3) is 4.52. The minimum Gasteiger partial charge on any atom is -0.354 e. The molecule has 3 aromatic rings. The lowest BCUT2D eigenvalue weighted by Crippen LogP contribution is -2.29. The van der Waals surface area contributed by atoms with Gasteiger partial charge < -0.3 is 9.88 Å². The summed E-state index contributed by atoms with van der Waals surface area (Å²) in [6.07, 6.45) is 2.69. The highest BCUT2D eigenvalue weighted by Gasteiger charge is 2.14. The number of halogens is 2. The van der Waals surface area contributed by atoms with Crippen molar-refractivity contribution < 1.29 is 13.6 Å². The summed E-state index contributed by atoms with van der Waals surface area (Å²) in [6, 6.07) is 12.5. The van der Waals surface area contributed by atoms with E-state index < -0.39 is 11.6 Å². The van der Waals surface area contributed by atoms with Crippen molar-refractivity contribution in [3.05, 3.63) is 65.5 Å². The summed E-state index contributed by atoms with van der Waals surface area (Å²) in [4.78, 5) is 16.1. The van der Waals surface area contributed by atoms with E-state index in [4.69, 9.17) is 5.26 Å². The molecule has 0 aliphatic carbocycles. The summed E-state index contributed by atoms with van der Waals surface area (Å²) in [6.45, 7) is 2.17. The quantitative estimate of drug-likeness (QED) is 0.681. The van der Waals surface area contributed by atoms with Gasteiger partial charge in [0.05, 0.1) is 17.9 Å². The molecular weight excluding hydrogens is 362 g/mol. The van der Waals surface area contributed by atoms with Crippen LogP contribution in [0.25, 0.3) is 11.0 Å². The van der Waals surface area contributed by atoms with Crippen LogP contribution in [-0.2, 0) is 24.2 Å². The van der Waals surface area contributed by atoms with Gasteiger partial charge >= 0.3 is 0 Å². The Kier molecular flexibility index (Phi) is 5.99. The number of amides is 1. The van der Waals surface area contributed by atoms with Crippen LogP contribution in [0.1, 0.15) is 18.1 Å². The van der Waals surface area contributed by atoms with Gasteiger partial charge in [-0.05, 0) is 43.0 Å². The molecule has 1 atom stereocenters. The van der Waals surface area contributed by atoms with Crippen molar-refractivity contribution in [2.45, 2.75) is 26.3 Å². The van der Waals surface area contributed by atoms with Crippen molar-refractivity contribution in [3.8, 4) is 6.07 Å². The fourth-order valence-corrected chi connectivity index (χ4v) is 3.01. The van der Waals surface area contributed by atoms with Crippen molar-refractivity contribution in [1.82, 2.24) is 14.9 Å². The number of hydrogen-bond donors (Lipinski definition) is 1. The zero-order valence-electron chi connectivity index (χ0n) is 15.5. The Hall–Kier alpha value is -3.27. The molecule has 0 radical (unpaired) electrons. The average Bonchev–Trinajstić information content (AvgIpc) is 3.09. The standard InChI is InChI=1S/C21H20F2N4O/c1-14(11-24)10-16-4-2-15(3-5-16)8-9-25-19(28)12-27-13-26-18-7-6-17(22)20(23)21(18)27/h2-7,13-14H,8-10,12H2,1H3,(H,25,28). The predicted molar refractivity (Wildman–Crippen MR) is 101 cm³/mol. The fourth-order valence-electron chi connectivity index (χ4n) is 3.01. The SMILES string of the molecule is CC(C#N)Cc1ccc(CCNC(=O)Cn2cnc3ccc(F)c(F)c32)cc1. The average molecular weight is 382 g/mol. The van der Waals surface area contributed by atoms with Crippen molar-refractivity contribution in [2.75, 3.05) is 6.54 Å². The normalized spacial score (nSPS) is 11.9. The van der Waals surface area contributed by atoms with E-state index in [0.29, 0.717) is 24.9 Å². The third-order valence-corrected chi connectivity index (χ3v) is 4.51. The topological polar surface area (TPSA) is 70.7 Å². The van der Waals surface area contributed by atoms with Gasteiger partial charge in [-0.25, -0.2) is 13.8 Å². The van der Waals surface area contributed by atoms with Crippen LogP contribution in [0.2, 0.25) is 0 Å². The number of carbonyl (C=O) groups is 1. The fraction of sp³-hybridized carbons (Fsp3) is 0.286. The van der Waals surface area contributed by atoms with E-state index >= 15 is 0 Å². The Morgan fingerprint density at radius 3 is 2.64 bits per heavy atom. The molecule has 3 rings (SSSR count). The summed E-state index contributed by atoms with van der Waals surface area (Å²) >= 11 is 0. The molecule has 28 heavy (non-hydrogen) atoms. The van der Waals surface area contributed by atoms with Crippen molar-refractivity contribution in [1.29, 1.82) is 5.26 Å². The molecule has 0 saturated carbocycles. The van der Waals surface area contributed by atoms with Gasteiger partial charge in [0.2, 0.25) is 5.91 Å². The first kappa shape index (κ1) is 19.5. The number of nitriles is 1. The van der Waals surface area contributed by atoms with Gasteiger partial charge in [0.15, 0.2) is 11.6 Å². The van der Waals surface area contributed by atoms with Gasteiger partial charge in [-0.3, -0.25) is 4.79 Å². The second-order valence-corrected chi connectivity index (χ2v) is 6.75. The van der Waals surface area contributed by atoms with E-state index in [0.717, 1.165) is 17.2 Å². The number of aromatic nitrogens is 2. The number of nitrogens with one attached hydrogen (secondary N) is 1. The maximum absolute atomic E-state index is 14.0. The van der Waals surface area contributed by atoms with Gasteiger partial charge in [-0.15, -0.1) is 0 Å². The smallest absolute Gasteiger partial charge is 0.240 e. The van der Waals surface area contributed by atoms with Gasteiger partial charge in [-0.2, -0.15) is 5.26 Å². The Morgan fingerprint density at radius 1 is 1.21 bits per heavy atom. The Morgan fingerprint density at radius 2 is 1.93 bits per heavy atom. The van der Waals surface area contributed by atoms with E-state index in [1.807, 2.05) is 31.2 Å². The summed E-state index contributed by atoms with van der Waals surface area (Å²) in [5.41, 5.74) is 2.45. The Bertz CT molecular complexity index is 1020. The monoisotopic (exact) mass is 382 g/mol. The first-order valence-electron chi connectivity index (χ1n) is 9.01.